The van der Waals surface area contributed by atoms with Crippen molar-refractivity contribution < 1.29 is 17.1 Å². The molecule has 4 nitrogen and oxygen atoms in total. The molecule has 0 amide bonds. The molecule has 0 saturated heterocycles. The van der Waals surface area contributed by atoms with E-state index in [4.69, 9.17) is 0 Å². The fourth-order valence-electron chi connectivity index (χ4n) is 4.93. The van der Waals surface area contributed by atoms with E-state index in [9.17, 15) is 21.0 Å². The molecule has 0 aliphatic heterocycles. The van der Waals surface area contributed by atoms with Crippen molar-refractivity contribution in [1.82, 2.24) is 0 Å². The number of benzene rings is 4. The predicted molar refractivity (Wildman–Crippen MR) is 180 cm³/mol. The Bertz CT molecular complexity index is 1790. The molecule has 7 heteroatoms. The summed E-state index contributed by atoms with van der Waals surface area (Å²) in [6.07, 6.45) is 0. The summed E-state index contributed by atoms with van der Waals surface area (Å²) in [6.45, 7) is 0. The monoisotopic (exact) mass is 654 g/mol. The summed E-state index contributed by atoms with van der Waals surface area (Å²) in [5, 5.41) is 45.6. The topological polar surface area (TPSA) is 95.2 Å². The number of nitrogens with zero attached hydrogens (tertiary/aromatic N) is 4. The Morgan fingerprint density at radius 1 is 0.444 bits per heavy atom. The van der Waals surface area contributed by atoms with Crippen LogP contribution in [-0.4, -0.2) is 0 Å². The summed E-state index contributed by atoms with van der Waals surface area (Å²) in [5.41, 5.74) is 2.23. The fraction of sp³-hybridized carbons (Fsp3) is 0. The van der Waals surface area contributed by atoms with Crippen LogP contribution in [0.3, 0.4) is 0 Å². The van der Waals surface area contributed by atoms with Gasteiger partial charge in [-0.1, -0.05) is 80.7 Å². The number of hydrogen-bond acceptors (Lipinski definition) is 4. The molecule has 220 valence electrons. The molecule has 6 aromatic carbocycles. The first-order valence-corrected chi connectivity index (χ1v) is 16.4. The van der Waals surface area contributed by atoms with Crippen molar-refractivity contribution in [2.45, 2.75) is 0 Å². The van der Waals surface area contributed by atoms with Crippen molar-refractivity contribution in [2.24, 2.45) is 0 Å². The molecule has 6 rings (SSSR count). The van der Waals surface area contributed by atoms with E-state index in [1.54, 1.807) is 24.3 Å². The summed E-state index contributed by atoms with van der Waals surface area (Å²) in [5.74, 6) is 0. The Balaban J connectivity index is 0.000000700. The van der Waals surface area contributed by atoms with Gasteiger partial charge in [-0.05, 0) is 42.8 Å². The minimum Gasteiger partial charge on any atom is -0.748 e. The molecule has 0 spiro atoms. The third kappa shape index (κ3) is 7.19. The van der Waals surface area contributed by atoms with Crippen LogP contribution in [0, 0.1) is 45.3 Å². The number of hydrogen-bond donors (Lipinski definition) is 0. The van der Waals surface area contributed by atoms with Crippen LogP contribution in [-0.2, 0) is 17.1 Å². The maximum absolute atomic E-state index is 10.0. The first-order valence-electron chi connectivity index (χ1n) is 13.7. The van der Waals surface area contributed by atoms with Gasteiger partial charge in [0.1, 0.15) is 0 Å². The minimum absolute atomic E-state index is 0. The maximum Gasteiger partial charge on any atom is 0.0998 e. The largest absolute Gasteiger partial charge is 0.748 e. The van der Waals surface area contributed by atoms with Gasteiger partial charge in [-0.3, -0.25) is 0 Å². The zero-order valence-corrected chi connectivity index (χ0v) is 26.8. The van der Waals surface area contributed by atoms with E-state index in [0.29, 0.717) is 22.3 Å². The third-order valence-corrected chi connectivity index (χ3v) is 12.3. The summed E-state index contributed by atoms with van der Waals surface area (Å²) >= 11 is 0. The summed E-state index contributed by atoms with van der Waals surface area (Å²) in [6, 6.07) is 55.6. The smallest absolute Gasteiger partial charge is 0.0998 e. The molecule has 0 fully saturated rings. The minimum atomic E-state index is -1.32. The zero-order valence-electron chi connectivity index (χ0n) is 23.9. The van der Waals surface area contributed by atoms with Crippen molar-refractivity contribution in [3.8, 4) is 24.3 Å². The van der Waals surface area contributed by atoms with Crippen LogP contribution >= 0.6 is 15.8 Å². The second-order valence-electron chi connectivity index (χ2n) is 9.45. The molecule has 0 aromatic heterocycles. The second kappa shape index (κ2) is 16.1. The van der Waals surface area contributed by atoms with Crippen LogP contribution in [0.4, 0.5) is 0 Å². The van der Waals surface area contributed by atoms with E-state index in [-0.39, 0.29) is 17.1 Å². The van der Waals surface area contributed by atoms with Gasteiger partial charge in [0, 0.05) is 27.7 Å². The first kappa shape index (κ1) is 32.8. The van der Waals surface area contributed by atoms with Gasteiger partial charge >= 0.3 is 0 Å². The van der Waals surface area contributed by atoms with Crippen molar-refractivity contribution in [2.75, 3.05) is 0 Å². The Kier molecular flexibility index (Phi) is 11.8. The Morgan fingerprint density at radius 3 is 1.16 bits per heavy atom. The Hall–Kier alpha value is -5.08. The Morgan fingerprint density at radius 2 is 0.778 bits per heavy atom. The van der Waals surface area contributed by atoms with Gasteiger partial charge in [0.25, 0.3) is 0 Å². The average Bonchev–Trinajstić information content (AvgIpc) is 3.83. The van der Waals surface area contributed by atoms with Gasteiger partial charge in [0.15, 0.2) is 0 Å². The van der Waals surface area contributed by atoms with E-state index in [0.717, 1.165) is 31.8 Å². The third-order valence-electron chi connectivity index (χ3n) is 6.87. The SMILES string of the molecule is N#Cc1ccccc1P(c1ccccc1C#N)c1ccc[c-]1P(c1ccccc1C#N)c1ccccc1C#N.[Fe].[cH-]1[cH-][cH-][cH-][cH-]1. The summed E-state index contributed by atoms with van der Waals surface area (Å²) in [7, 11) is -2.64. The van der Waals surface area contributed by atoms with E-state index < -0.39 is 15.8 Å². The standard InChI is InChI=1S/C33H19N4P2.C5H5.Fe/c34-20-24-10-1-5-14-28(24)38(29-15-6-2-11-25(29)21-35)32-18-9-19-33(32)39(30-16-7-3-12-26(30)22-36)31-17-8-4-13-27(31)23-37;1-2-4-5-3-1;/h1-19H;1-5H;/q-1;-5;. The van der Waals surface area contributed by atoms with Crippen molar-refractivity contribution in [3.05, 3.63) is 168 Å². The van der Waals surface area contributed by atoms with Crippen LogP contribution in [0.2, 0.25) is 0 Å². The van der Waals surface area contributed by atoms with Crippen molar-refractivity contribution >= 4 is 47.7 Å². The quantitative estimate of drug-likeness (QED) is 0.129. The van der Waals surface area contributed by atoms with Gasteiger partial charge in [-0.15, -0.1) is 10.6 Å². The summed E-state index contributed by atoms with van der Waals surface area (Å²) in [4.78, 5) is 0. The predicted octanol–water partition coefficient (Wildman–Crippen LogP) is 5.81. The molecule has 0 N–H and O–H groups in total. The van der Waals surface area contributed by atoms with Crippen LogP contribution < -0.4 is 31.8 Å². The zero-order chi connectivity index (χ0) is 30.7. The normalized spacial score (nSPS) is 9.91. The van der Waals surface area contributed by atoms with Gasteiger partial charge in [-0.2, -0.15) is 27.1 Å². The molecule has 0 saturated carbocycles. The fourth-order valence-corrected chi connectivity index (χ4v) is 10.6. The summed E-state index contributed by atoms with van der Waals surface area (Å²) < 4.78 is 0. The van der Waals surface area contributed by atoms with Gasteiger partial charge in [0.05, 0.1) is 46.5 Å². The molecule has 0 unspecified atom stereocenters. The molecular weight excluding hydrogens is 630 g/mol. The molecule has 0 heterocycles. The Labute approximate surface area is 276 Å². The molecule has 0 bridgehead atoms. The van der Waals surface area contributed by atoms with E-state index in [1.165, 1.54) is 0 Å². The molecule has 45 heavy (non-hydrogen) atoms. The van der Waals surface area contributed by atoms with E-state index in [2.05, 4.69) is 36.4 Å². The molecule has 0 aliphatic rings. The average molecular weight is 654 g/mol. The van der Waals surface area contributed by atoms with Crippen LogP contribution in [0.5, 0.6) is 0 Å². The van der Waals surface area contributed by atoms with E-state index >= 15 is 0 Å². The van der Waals surface area contributed by atoms with Crippen LogP contribution in [0.25, 0.3) is 0 Å². The van der Waals surface area contributed by atoms with Crippen molar-refractivity contribution in [3.63, 3.8) is 0 Å². The van der Waals surface area contributed by atoms with Gasteiger partial charge in [-0.25, -0.2) is 12.1 Å². The molecule has 0 radical (unpaired) electrons. The first-order chi connectivity index (χ1) is 21.7. The van der Waals surface area contributed by atoms with Gasteiger partial charge in [0.2, 0.25) is 0 Å². The van der Waals surface area contributed by atoms with Crippen LogP contribution in [0.1, 0.15) is 22.3 Å². The number of rotatable bonds is 6. The van der Waals surface area contributed by atoms with Gasteiger partial charge < -0.3 is 30.3 Å². The van der Waals surface area contributed by atoms with Crippen molar-refractivity contribution in [1.29, 1.82) is 21.0 Å². The van der Waals surface area contributed by atoms with E-state index in [1.807, 2.05) is 109 Å². The number of nitriles is 4. The molecule has 0 atom stereocenters. The maximum atomic E-state index is 10.0. The molecule has 0 aliphatic carbocycles. The molecule has 6 aromatic rings. The van der Waals surface area contributed by atoms with Crippen LogP contribution in [0.15, 0.2) is 146 Å². The second-order valence-corrected chi connectivity index (χ2v) is 13.7. The molecular formula is C38H24FeN4P2-6.